The van der Waals surface area contributed by atoms with Gasteiger partial charge < -0.3 is 10.6 Å². The summed E-state index contributed by atoms with van der Waals surface area (Å²) in [6, 6.07) is 12.6. The summed E-state index contributed by atoms with van der Waals surface area (Å²) in [5, 5.41) is 5.30. The van der Waals surface area contributed by atoms with Gasteiger partial charge in [0.1, 0.15) is 12.4 Å². The minimum Gasteiger partial charge on any atom is -0.325 e. The molecule has 0 fully saturated rings. The fraction of sp³-hybridized carbons (Fsp3) is 0.211. The van der Waals surface area contributed by atoms with E-state index in [0.717, 1.165) is 0 Å². The third kappa shape index (κ3) is 4.68. The zero-order chi connectivity index (χ0) is 19.4. The number of rotatable bonds is 5. The number of carbonyl (C=O) groups is 3. The maximum absolute atomic E-state index is 13.2. The van der Waals surface area contributed by atoms with Crippen LogP contribution in [0.3, 0.4) is 0 Å². The molecule has 140 valence electrons. The Balaban J connectivity index is 1.59. The highest BCUT2D eigenvalue weighted by molar-refractivity contribution is 6.10. The summed E-state index contributed by atoms with van der Waals surface area (Å²) in [6.07, 6.45) is 0. The molecule has 3 rings (SSSR count). The van der Waals surface area contributed by atoms with Gasteiger partial charge in [0.2, 0.25) is 17.7 Å². The number of amides is 3. The van der Waals surface area contributed by atoms with Crippen molar-refractivity contribution < 1.29 is 18.8 Å². The molecule has 7 nitrogen and oxygen atoms in total. The van der Waals surface area contributed by atoms with Crippen LogP contribution in [0.1, 0.15) is 0 Å². The van der Waals surface area contributed by atoms with Gasteiger partial charge in [-0.1, -0.05) is 18.2 Å². The number of nitrogens with one attached hydrogen (secondary N) is 2. The van der Waals surface area contributed by atoms with Crippen LogP contribution in [0.5, 0.6) is 0 Å². The molecule has 3 amide bonds. The lowest BCUT2D eigenvalue weighted by molar-refractivity contribution is -0.123. The third-order valence-corrected chi connectivity index (χ3v) is 4.00. The molecule has 8 heteroatoms. The molecule has 1 heterocycles. The predicted octanol–water partition coefficient (Wildman–Crippen LogP) is 1.68. The third-order valence-electron chi connectivity index (χ3n) is 4.00. The SMILES string of the molecule is CN(CC(=O)Nc1cccc(F)c1)CC(=O)N1CC(=O)Nc2ccccc21. The molecule has 1 aliphatic heterocycles. The highest BCUT2D eigenvalue weighted by atomic mass is 19.1. The second kappa shape index (κ2) is 7.96. The van der Waals surface area contributed by atoms with E-state index in [0.29, 0.717) is 17.1 Å². The first-order valence-corrected chi connectivity index (χ1v) is 8.35. The zero-order valence-electron chi connectivity index (χ0n) is 14.7. The first-order valence-electron chi connectivity index (χ1n) is 8.35. The summed E-state index contributed by atoms with van der Waals surface area (Å²) in [4.78, 5) is 39.5. The van der Waals surface area contributed by atoms with Crippen molar-refractivity contribution in [1.82, 2.24) is 4.90 Å². The van der Waals surface area contributed by atoms with Crippen LogP contribution in [-0.4, -0.2) is 49.3 Å². The van der Waals surface area contributed by atoms with E-state index < -0.39 is 5.82 Å². The molecular weight excluding hydrogens is 351 g/mol. The summed E-state index contributed by atoms with van der Waals surface area (Å²) in [5.74, 6) is -1.38. The molecule has 2 aromatic carbocycles. The number of para-hydroxylation sites is 2. The van der Waals surface area contributed by atoms with Crippen molar-refractivity contribution in [2.24, 2.45) is 0 Å². The number of anilines is 3. The van der Waals surface area contributed by atoms with E-state index in [4.69, 9.17) is 0 Å². The second-order valence-electron chi connectivity index (χ2n) is 6.28. The molecular formula is C19H19FN4O3. The lowest BCUT2D eigenvalue weighted by Gasteiger charge is -2.30. The highest BCUT2D eigenvalue weighted by Gasteiger charge is 2.27. The number of likely N-dealkylation sites (N-methyl/N-ethyl adjacent to an activating group) is 1. The molecule has 0 aromatic heterocycles. The zero-order valence-corrected chi connectivity index (χ0v) is 14.7. The largest absolute Gasteiger partial charge is 0.325 e. The molecule has 0 aliphatic carbocycles. The van der Waals surface area contributed by atoms with Crippen molar-refractivity contribution in [3.63, 3.8) is 0 Å². The van der Waals surface area contributed by atoms with Gasteiger partial charge in [-0.05, 0) is 37.4 Å². The normalized spacial score (nSPS) is 13.1. The van der Waals surface area contributed by atoms with E-state index in [1.807, 2.05) is 0 Å². The summed E-state index contributed by atoms with van der Waals surface area (Å²) in [6.45, 7) is -0.165. The van der Waals surface area contributed by atoms with Crippen molar-refractivity contribution in [1.29, 1.82) is 0 Å². The molecule has 1 aliphatic rings. The number of hydrogen-bond donors (Lipinski definition) is 2. The van der Waals surface area contributed by atoms with Gasteiger partial charge in [0.15, 0.2) is 0 Å². The smallest absolute Gasteiger partial charge is 0.244 e. The number of benzene rings is 2. The maximum atomic E-state index is 13.2. The van der Waals surface area contributed by atoms with Crippen molar-refractivity contribution in [3.8, 4) is 0 Å². The number of halogens is 1. The van der Waals surface area contributed by atoms with Crippen molar-refractivity contribution >= 4 is 34.8 Å². The Labute approximate surface area is 155 Å². The molecule has 2 N–H and O–H groups in total. The van der Waals surface area contributed by atoms with E-state index in [1.165, 1.54) is 28.0 Å². The summed E-state index contributed by atoms with van der Waals surface area (Å²) >= 11 is 0. The highest BCUT2D eigenvalue weighted by Crippen LogP contribution is 2.28. The van der Waals surface area contributed by atoms with E-state index in [9.17, 15) is 18.8 Å². The van der Waals surface area contributed by atoms with Crippen molar-refractivity contribution in [3.05, 3.63) is 54.3 Å². The van der Waals surface area contributed by atoms with E-state index in [2.05, 4.69) is 10.6 Å². The average molecular weight is 370 g/mol. The lowest BCUT2D eigenvalue weighted by atomic mass is 10.2. The van der Waals surface area contributed by atoms with Gasteiger partial charge in [-0.3, -0.25) is 24.2 Å². The minimum atomic E-state index is -0.446. The quantitative estimate of drug-likeness (QED) is 0.839. The van der Waals surface area contributed by atoms with Crippen molar-refractivity contribution in [2.45, 2.75) is 0 Å². The standard InChI is InChI=1S/C19H19FN4O3/c1-23(10-17(25)21-14-6-4-5-13(20)9-14)12-19(27)24-11-18(26)22-15-7-2-3-8-16(15)24/h2-9H,10-12H2,1H3,(H,21,25)(H,22,26). The Morgan fingerprint density at radius 1 is 1.19 bits per heavy atom. The fourth-order valence-corrected chi connectivity index (χ4v) is 2.84. The Hall–Kier alpha value is -3.26. The van der Waals surface area contributed by atoms with Crippen LogP contribution in [0, 0.1) is 5.82 Å². The Bertz CT molecular complexity index is 887. The second-order valence-corrected chi connectivity index (χ2v) is 6.28. The van der Waals surface area contributed by atoms with Gasteiger partial charge in [-0.15, -0.1) is 0 Å². The van der Waals surface area contributed by atoms with Gasteiger partial charge in [-0.25, -0.2) is 4.39 Å². The first-order chi connectivity index (χ1) is 12.9. The molecule has 2 aromatic rings. The van der Waals surface area contributed by atoms with Gasteiger partial charge in [0.05, 0.1) is 24.5 Å². The number of nitrogens with zero attached hydrogens (tertiary/aromatic N) is 2. The van der Waals surface area contributed by atoms with Gasteiger partial charge in [0.25, 0.3) is 0 Å². The number of carbonyl (C=O) groups excluding carboxylic acids is 3. The van der Waals surface area contributed by atoms with Crippen LogP contribution in [0.4, 0.5) is 21.5 Å². The fourth-order valence-electron chi connectivity index (χ4n) is 2.84. The number of fused-ring (bicyclic) bond motifs is 1. The van der Waals surface area contributed by atoms with Crippen LogP contribution < -0.4 is 15.5 Å². The number of hydrogen-bond acceptors (Lipinski definition) is 4. The van der Waals surface area contributed by atoms with Gasteiger partial charge in [0, 0.05) is 5.69 Å². The Morgan fingerprint density at radius 3 is 2.74 bits per heavy atom. The molecule has 0 spiro atoms. The van der Waals surface area contributed by atoms with E-state index in [1.54, 1.807) is 37.4 Å². The van der Waals surface area contributed by atoms with Crippen molar-refractivity contribution in [2.75, 3.05) is 42.2 Å². The molecule has 0 saturated carbocycles. The van der Waals surface area contributed by atoms with Crippen LogP contribution >= 0.6 is 0 Å². The molecule has 27 heavy (non-hydrogen) atoms. The summed E-state index contributed by atoms with van der Waals surface area (Å²) in [7, 11) is 1.62. The van der Waals surface area contributed by atoms with Gasteiger partial charge >= 0.3 is 0 Å². The molecule has 0 saturated heterocycles. The maximum Gasteiger partial charge on any atom is 0.244 e. The summed E-state index contributed by atoms with van der Waals surface area (Å²) < 4.78 is 13.2. The summed E-state index contributed by atoms with van der Waals surface area (Å²) in [5.41, 5.74) is 1.55. The Morgan fingerprint density at radius 2 is 1.96 bits per heavy atom. The molecule has 0 bridgehead atoms. The first kappa shape index (κ1) is 18.5. The van der Waals surface area contributed by atoms with Crippen LogP contribution in [0.2, 0.25) is 0 Å². The van der Waals surface area contributed by atoms with Gasteiger partial charge in [-0.2, -0.15) is 0 Å². The average Bonchev–Trinajstić information content (AvgIpc) is 2.60. The van der Waals surface area contributed by atoms with E-state index >= 15 is 0 Å². The molecule has 0 radical (unpaired) electrons. The predicted molar refractivity (Wildman–Crippen MR) is 100.0 cm³/mol. The van der Waals surface area contributed by atoms with Crippen LogP contribution in [-0.2, 0) is 14.4 Å². The Kier molecular flexibility index (Phi) is 5.46. The monoisotopic (exact) mass is 370 g/mol. The minimum absolute atomic E-state index is 0.0435. The van der Waals surface area contributed by atoms with Crippen LogP contribution in [0.15, 0.2) is 48.5 Å². The molecule has 0 atom stereocenters. The van der Waals surface area contributed by atoms with E-state index in [-0.39, 0.29) is 37.4 Å². The van der Waals surface area contributed by atoms with Crippen LogP contribution in [0.25, 0.3) is 0 Å². The molecule has 0 unspecified atom stereocenters. The topological polar surface area (TPSA) is 81.8 Å². The lowest BCUT2D eigenvalue weighted by Crippen LogP contribution is -2.47.